The normalized spacial score (nSPS) is 12.8. The third-order valence-electron chi connectivity index (χ3n) is 2.50. The van der Waals surface area contributed by atoms with E-state index in [9.17, 15) is 5.11 Å². The van der Waals surface area contributed by atoms with Gasteiger partial charge in [0.15, 0.2) is 0 Å². The highest BCUT2D eigenvalue weighted by molar-refractivity contribution is 7.09. The maximum Gasteiger partial charge on any atom is 0.123 e. The SMILES string of the molecule is CCc1nc(CNC(CO)c2ccco2)cs1. The number of nitrogens with one attached hydrogen (secondary N) is 1. The number of hydrogen-bond acceptors (Lipinski definition) is 5. The number of thiazole rings is 1. The van der Waals surface area contributed by atoms with Crippen molar-refractivity contribution in [1.82, 2.24) is 10.3 Å². The van der Waals surface area contributed by atoms with Crippen LogP contribution in [0.5, 0.6) is 0 Å². The van der Waals surface area contributed by atoms with Gasteiger partial charge in [0.25, 0.3) is 0 Å². The summed E-state index contributed by atoms with van der Waals surface area (Å²) in [6, 6.07) is 3.50. The molecule has 0 saturated heterocycles. The minimum Gasteiger partial charge on any atom is -0.468 e. The highest BCUT2D eigenvalue weighted by Crippen LogP contribution is 2.15. The summed E-state index contributed by atoms with van der Waals surface area (Å²) >= 11 is 1.67. The smallest absolute Gasteiger partial charge is 0.123 e. The van der Waals surface area contributed by atoms with Crippen LogP contribution >= 0.6 is 11.3 Å². The first kappa shape index (κ1) is 12.3. The van der Waals surface area contributed by atoms with E-state index in [2.05, 4.69) is 17.2 Å². The largest absolute Gasteiger partial charge is 0.468 e. The summed E-state index contributed by atoms with van der Waals surface area (Å²) in [5.74, 6) is 0.749. The molecule has 5 heteroatoms. The van der Waals surface area contributed by atoms with Crippen molar-refractivity contribution >= 4 is 11.3 Å². The average Bonchev–Trinajstić information content (AvgIpc) is 3.00. The lowest BCUT2D eigenvalue weighted by molar-refractivity contribution is 0.225. The highest BCUT2D eigenvalue weighted by atomic mass is 32.1. The fraction of sp³-hybridized carbons (Fsp3) is 0.417. The van der Waals surface area contributed by atoms with Crippen LogP contribution in [-0.4, -0.2) is 16.7 Å². The van der Waals surface area contributed by atoms with Gasteiger partial charge >= 0.3 is 0 Å². The van der Waals surface area contributed by atoms with Crippen LogP contribution in [0.1, 0.15) is 29.4 Å². The summed E-state index contributed by atoms with van der Waals surface area (Å²) in [5, 5.41) is 15.7. The lowest BCUT2D eigenvalue weighted by Gasteiger charge is -2.12. The zero-order chi connectivity index (χ0) is 12.1. The summed E-state index contributed by atoms with van der Waals surface area (Å²) in [4.78, 5) is 4.46. The number of rotatable bonds is 6. The van der Waals surface area contributed by atoms with Gasteiger partial charge in [0, 0.05) is 11.9 Å². The van der Waals surface area contributed by atoms with Crippen LogP contribution in [0.2, 0.25) is 0 Å². The molecule has 0 bridgehead atoms. The van der Waals surface area contributed by atoms with Gasteiger partial charge in [0.2, 0.25) is 0 Å². The second kappa shape index (κ2) is 5.95. The number of furan rings is 1. The van der Waals surface area contributed by atoms with E-state index in [0.29, 0.717) is 6.54 Å². The molecule has 0 saturated carbocycles. The van der Waals surface area contributed by atoms with Crippen LogP contribution in [0.25, 0.3) is 0 Å². The molecule has 0 aliphatic heterocycles. The van der Waals surface area contributed by atoms with E-state index in [1.54, 1.807) is 17.6 Å². The van der Waals surface area contributed by atoms with Crippen molar-refractivity contribution in [3.63, 3.8) is 0 Å². The zero-order valence-electron chi connectivity index (χ0n) is 9.72. The summed E-state index contributed by atoms with van der Waals surface area (Å²) < 4.78 is 5.26. The zero-order valence-corrected chi connectivity index (χ0v) is 10.5. The summed E-state index contributed by atoms with van der Waals surface area (Å²) in [7, 11) is 0. The molecule has 2 aromatic heterocycles. The van der Waals surface area contributed by atoms with Crippen LogP contribution in [0, 0.1) is 0 Å². The van der Waals surface area contributed by atoms with E-state index in [-0.39, 0.29) is 12.6 Å². The molecule has 1 unspecified atom stereocenters. The minimum atomic E-state index is -0.170. The predicted molar refractivity (Wildman–Crippen MR) is 66.9 cm³/mol. The number of aryl methyl sites for hydroxylation is 1. The molecule has 0 amide bonds. The van der Waals surface area contributed by atoms with Crippen molar-refractivity contribution in [3.8, 4) is 0 Å². The fourth-order valence-corrected chi connectivity index (χ4v) is 2.31. The Hall–Kier alpha value is -1.17. The van der Waals surface area contributed by atoms with Crippen molar-refractivity contribution in [2.45, 2.75) is 25.9 Å². The molecule has 0 radical (unpaired) electrons. The van der Waals surface area contributed by atoms with E-state index >= 15 is 0 Å². The fourth-order valence-electron chi connectivity index (χ4n) is 1.56. The molecule has 17 heavy (non-hydrogen) atoms. The van der Waals surface area contributed by atoms with Gasteiger partial charge in [-0.15, -0.1) is 11.3 Å². The second-order valence-electron chi connectivity index (χ2n) is 3.72. The van der Waals surface area contributed by atoms with Crippen LogP contribution in [0.4, 0.5) is 0 Å². The molecular formula is C12H16N2O2S. The molecule has 2 aromatic rings. The maximum absolute atomic E-state index is 9.29. The van der Waals surface area contributed by atoms with Crippen molar-refractivity contribution in [2.75, 3.05) is 6.61 Å². The Morgan fingerprint density at radius 3 is 3.06 bits per heavy atom. The van der Waals surface area contributed by atoms with Crippen LogP contribution in [-0.2, 0) is 13.0 Å². The number of aliphatic hydroxyl groups excluding tert-OH is 1. The molecule has 4 nitrogen and oxygen atoms in total. The number of hydrogen-bond donors (Lipinski definition) is 2. The molecule has 0 aromatic carbocycles. The van der Waals surface area contributed by atoms with Gasteiger partial charge in [0.05, 0.1) is 29.6 Å². The Balaban J connectivity index is 1.92. The standard InChI is InChI=1S/C12H16N2O2S/c1-2-12-14-9(8-17-12)6-13-10(7-15)11-4-3-5-16-11/h3-5,8,10,13,15H,2,6-7H2,1H3. The number of aromatic nitrogens is 1. The quantitative estimate of drug-likeness (QED) is 0.827. The van der Waals surface area contributed by atoms with Crippen molar-refractivity contribution in [3.05, 3.63) is 40.2 Å². The Morgan fingerprint density at radius 1 is 1.59 bits per heavy atom. The number of aliphatic hydroxyl groups is 1. The molecule has 2 heterocycles. The van der Waals surface area contributed by atoms with Gasteiger partial charge in [-0.25, -0.2) is 4.98 Å². The Morgan fingerprint density at radius 2 is 2.47 bits per heavy atom. The molecule has 0 fully saturated rings. The lowest BCUT2D eigenvalue weighted by atomic mass is 10.2. The van der Waals surface area contributed by atoms with E-state index in [1.807, 2.05) is 17.5 Å². The lowest BCUT2D eigenvalue weighted by Crippen LogP contribution is -2.23. The average molecular weight is 252 g/mol. The van der Waals surface area contributed by atoms with Crippen molar-refractivity contribution in [1.29, 1.82) is 0 Å². The van der Waals surface area contributed by atoms with Gasteiger partial charge in [-0.1, -0.05) is 6.92 Å². The van der Waals surface area contributed by atoms with Gasteiger partial charge < -0.3 is 9.52 Å². The molecule has 2 N–H and O–H groups in total. The first-order valence-electron chi connectivity index (χ1n) is 5.64. The van der Waals surface area contributed by atoms with Gasteiger partial charge in [-0.2, -0.15) is 0 Å². The predicted octanol–water partition coefficient (Wildman–Crippen LogP) is 2.12. The third-order valence-corrected chi connectivity index (χ3v) is 3.54. The third kappa shape index (κ3) is 3.15. The maximum atomic E-state index is 9.29. The summed E-state index contributed by atoms with van der Waals surface area (Å²) in [6.45, 7) is 2.75. The van der Waals surface area contributed by atoms with E-state index in [4.69, 9.17) is 4.42 Å². The van der Waals surface area contributed by atoms with Crippen LogP contribution < -0.4 is 5.32 Å². The van der Waals surface area contributed by atoms with Crippen LogP contribution in [0.3, 0.4) is 0 Å². The van der Waals surface area contributed by atoms with Gasteiger partial charge in [0.1, 0.15) is 5.76 Å². The minimum absolute atomic E-state index is 0.0122. The molecule has 92 valence electrons. The summed E-state index contributed by atoms with van der Waals surface area (Å²) in [5.41, 5.74) is 1.01. The Labute approximate surface area is 104 Å². The molecule has 0 aliphatic rings. The van der Waals surface area contributed by atoms with Crippen molar-refractivity contribution < 1.29 is 9.52 Å². The molecule has 0 aliphatic carbocycles. The first-order valence-corrected chi connectivity index (χ1v) is 6.52. The Bertz CT molecular complexity index is 439. The summed E-state index contributed by atoms with van der Waals surface area (Å²) in [6.07, 6.45) is 2.57. The molecule has 2 rings (SSSR count). The van der Waals surface area contributed by atoms with Crippen LogP contribution in [0.15, 0.2) is 28.2 Å². The molecule has 1 atom stereocenters. The topological polar surface area (TPSA) is 58.3 Å². The van der Waals surface area contributed by atoms with Gasteiger partial charge in [-0.05, 0) is 18.6 Å². The van der Waals surface area contributed by atoms with E-state index < -0.39 is 0 Å². The second-order valence-corrected chi connectivity index (χ2v) is 4.66. The van der Waals surface area contributed by atoms with E-state index in [0.717, 1.165) is 22.9 Å². The van der Waals surface area contributed by atoms with E-state index in [1.165, 1.54) is 0 Å². The highest BCUT2D eigenvalue weighted by Gasteiger charge is 2.12. The first-order chi connectivity index (χ1) is 8.33. The monoisotopic (exact) mass is 252 g/mol. The molecular weight excluding hydrogens is 236 g/mol. The molecule has 0 spiro atoms. The Kier molecular flexibility index (Phi) is 4.30. The van der Waals surface area contributed by atoms with Crippen molar-refractivity contribution in [2.24, 2.45) is 0 Å². The van der Waals surface area contributed by atoms with Gasteiger partial charge in [-0.3, -0.25) is 5.32 Å². The number of nitrogens with zero attached hydrogens (tertiary/aromatic N) is 1.